The highest BCUT2D eigenvalue weighted by atomic mass is 35.5. The number of anilines is 2. The highest BCUT2D eigenvalue weighted by molar-refractivity contribution is 6.33. The van der Waals surface area contributed by atoms with Gasteiger partial charge in [-0.05, 0) is 49.2 Å². The highest BCUT2D eigenvalue weighted by Crippen LogP contribution is 2.24. The zero-order valence-corrected chi connectivity index (χ0v) is 11.9. The van der Waals surface area contributed by atoms with Crippen molar-refractivity contribution in [1.82, 2.24) is 0 Å². The van der Waals surface area contributed by atoms with E-state index in [9.17, 15) is 9.18 Å². The molecule has 0 aliphatic rings. The average molecular weight is 293 g/mol. The number of amides is 1. The standard InChI is InChI=1S/C15H14ClFN2O/c1-8-5-9(2)13(18)7-11(8)15(20)19-14-6-10(17)3-4-12(14)16/h3-7H,18H2,1-2H3,(H,19,20). The van der Waals surface area contributed by atoms with E-state index in [-0.39, 0.29) is 16.6 Å². The normalized spacial score (nSPS) is 10.4. The van der Waals surface area contributed by atoms with Gasteiger partial charge >= 0.3 is 0 Å². The number of nitrogen functional groups attached to an aromatic ring is 1. The maximum atomic E-state index is 13.2. The number of nitrogens with two attached hydrogens (primary N) is 1. The van der Waals surface area contributed by atoms with Crippen LogP contribution in [0.15, 0.2) is 30.3 Å². The molecule has 0 atom stereocenters. The Labute approximate surface area is 121 Å². The summed E-state index contributed by atoms with van der Waals surface area (Å²) in [5, 5.41) is 2.86. The van der Waals surface area contributed by atoms with Gasteiger partial charge < -0.3 is 11.1 Å². The zero-order chi connectivity index (χ0) is 14.9. The quantitative estimate of drug-likeness (QED) is 0.824. The van der Waals surface area contributed by atoms with Gasteiger partial charge in [-0.15, -0.1) is 0 Å². The Hall–Kier alpha value is -2.07. The summed E-state index contributed by atoms with van der Waals surface area (Å²) >= 11 is 5.92. The third-order valence-electron chi connectivity index (χ3n) is 3.03. The van der Waals surface area contributed by atoms with Crippen molar-refractivity contribution in [2.75, 3.05) is 11.1 Å². The SMILES string of the molecule is Cc1cc(C)c(C(=O)Nc2cc(F)ccc2Cl)cc1N. The minimum Gasteiger partial charge on any atom is -0.398 e. The van der Waals surface area contributed by atoms with Crippen molar-refractivity contribution in [3.05, 3.63) is 57.9 Å². The molecule has 0 spiro atoms. The molecule has 20 heavy (non-hydrogen) atoms. The molecule has 0 aliphatic carbocycles. The molecule has 5 heteroatoms. The van der Waals surface area contributed by atoms with Crippen molar-refractivity contribution in [2.24, 2.45) is 0 Å². The summed E-state index contributed by atoms with van der Waals surface area (Å²) < 4.78 is 13.2. The topological polar surface area (TPSA) is 55.1 Å². The Morgan fingerprint density at radius 2 is 1.90 bits per heavy atom. The number of hydrogen-bond acceptors (Lipinski definition) is 2. The molecule has 0 bridgehead atoms. The fourth-order valence-electron chi connectivity index (χ4n) is 1.90. The third-order valence-corrected chi connectivity index (χ3v) is 3.36. The Kier molecular flexibility index (Phi) is 3.95. The predicted octanol–water partition coefficient (Wildman–Crippen LogP) is 3.93. The summed E-state index contributed by atoms with van der Waals surface area (Å²) in [6.07, 6.45) is 0. The first-order valence-corrected chi connectivity index (χ1v) is 6.39. The summed E-state index contributed by atoms with van der Waals surface area (Å²) in [6, 6.07) is 7.23. The number of rotatable bonds is 2. The first kappa shape index (κ1) is 14.3. The number of carbonyl (C=O) groups is 1. The molecule has 0 aromatic heterocycles. The van der Waals surface area contributed by atoms with Crippen LogP contribution in [0.3, 0.4) is 0 Å². The van der Waals surface area contributed by atoms with Gasteiger partial charge in [0.2, 0.25) is 0 Å². The number of aryl methyl sites for hydroxylation is 2. The second kappa shape index (κ2) is 5.51. The maximum Gasteiger partial charge on any atom is 0.256 e. The number of halogens is 2. The van der Waals surface area contributed by atoms with Gasteiger partial charge in [-0.25, -0.2) is 4.39 Å². The largest absolute Gasteiger partial charge is 0.398 e. The first-order valence-electron chi connectivity index (χ1n) is 6.01. The van der Waals surface area contributed by atoms with E-state index in [2.05, 4.69) is 5.32 Å². The van der Waals surface area contributed by atoms with Gasteiger partial charge in [-0.1, -0.05) is 17.7 Å². The minimum atomic E-state index is -0.468. The second-order valence-corrected chi connectivity index (χ2v) is 5.01. The molecule has 2 aromatic carbocycles. The molecular formula is C15H14ClFN2O. The lowest BCUT2D eigenvalue weighted by atomic mass is 10.0. The molecule has 2 rings (SSSR count). The van der Waals surface area contributed by atoms with Gasteiger partial charge in [0.05, 0.1) is 10.7 Å². The summed E-state index contributed by atoms with van der Waals surface area (Å²) in [7, 11) is 0. The van der Waals surface area contributed by atoms with E-state index in [4.69, 9.17) is 17.3 Å². The first-order chi connectivity index (χ1) is 9.38. The summed E-state index contributed by atoms with van der Waals surface area (Å²) in [5.41, 5.74) is 8.71. The molecule has 0 fully saturated rings. The van der Waals surface area contributed by atoms with Gasteiger partial charge in [0.1, 0.15) is 5.82 Å². The number of carbonyl (C=O) groups excluding carboxylic acids is 1. The van der Waals surface area contributed by atoms with Crippen LogP contribution in [0.4, 0.5) is 15.8 Å². The fourth-order valence-corrected chi connectivity index (χ4v) is 2.06. The van der Waals surface area contributed by atoms with Crippen molar-refractivity contribution < 1.29 is 9.18 Å². The van der Waals surface area contributed by atoms with Crippen LogP contribution in [0, 0.1) is 19.7 Å². The molecule has 0 saturated carbocycles. The molecule has 0 saturated heterocycles. The lowest BCUT2D eigenvalue weighted by Gasteiger charge is -2.11. The van der Waals surface area contributed by atoms with Crippen LogP contribution in [-0.2, 0) is 0 Å². The predicted molar refractivity (Wildman–Crippen MR) is 79.7 cm³/mol. The van der Waals surface area contributed by atoms with E-state index >= 15 is 0 Å². The molecular weight excluding hydrogens is 279 g/mol. The van der Waals surface area contributed by atoms with E-state index in [0.29, 0.717) is 11.3 Å². The Bertz CT molecular complexity index is 686. The second-order valence-electron chi connectivity index (χ2n) is 4.60. The highest BCUT2D eigenvalue weighted by Gasteiger charge is 2.13. The Morgan fingerprint density at radius 3 is 2.60 bits per heavy atom. The lowest BCUT2D eigenvalue weighted by Crippen LogP contribution is -2.14. The fraction of sp³-hybridized carbons (Fsp3) is 0.133. The molecule has 3 N–H and O–H groups in total. The molecule has 0 unspecified atom stereocenters. The van der Waals surface area contributed by atoms with E-state index < -0.39 is 5.82 Å². The van der Waals surface area contributed by atoms with Crippen molar-refractivity contribution in [3.8, 4) is 0 Å². The van der Waals surface area contributed by atoms with Gasteiger partial charge in [0.15, 0.2) is 0 Å². The number of benzene rings is 2. The number of nitrogens with one attached hydrogen (secondary N) is 1. The molecule has 0 aliphatic heterocycles. The van der Waals surface area contributed by atoms with Crippen molar-refractivity contribution in [1.29, 1.82) is 0 Å². The smallest absolute Gasteiger partial charge is 0.256 e. The van der Waals surface area contributed by atoms with Crippen LogP contribution in [0.1, 0.15) is 21.5 Å². The monoisotopic (exact) mass is 292 g/mol. The summed E-state index contributed by atoms with van der Waals surface area (Å²) in [6.45, 7) is 3.68. The molecule has 104 valence electrons. The van der Waals surface area contributed by atoms with Gasteiger partial charge in [-0.3, -0.25) is 4.79 Å². The minimum absolute atomic E-state index is 0.232. The van der Waals surface area contributed by atoms with Crippen LogP contribution >= 0.6 is 11.6 Å². The molecule has 0 radical (unpaired) electrons. The van der Waals surface area contributed by atoms with Gasteiger partial charge in [0.25, 0.3) is 5.91 Å². The van der Waals surface area contributed by atoms with Crippen LogP contribution < -0.4 is 11.1 Å². The maximum absolute atomic E-state index is 13.2. The average Bonchev–Trinajstić information content (AvgIpc) is 2.38. The summed E-state index contributed by atoms with van der Waals surface area (Å²) in [4.78, 5) is 12.2. The summed E-state index contributed by atoms with van der Waals surface area (Å²) in [5.74, 6) is -0.841. The Balaban J connectivity index is 2.33. The molecule has 0 heterocycles. The zero-order valence-electron chi connectivity index (χ0n) is 11.1. The van der Waals surface area contributed by atoms with E-state index in [0.717, 1.165) is 11.1 Å². The van der Waals surface area contributed by atoms with E-state index in [1.54, 1.807) is 6.07 Å². The molecule has 1 amide bonds. The van der Waals surface area contributed by atoms with E-state index in [1.165, 1.54) is 18.2 Å². The third kappa shape index (κ3) is 2.91. The van der Waals surface area contributed by atoms with Gasteiger partial charge in [0, 0.05) is 11.3 Å². The van der Waals surface area contributed by atoms with Crippen molar-refractivity contribution in [2.45, 2.75) is 13.8 Å². The molecule has 3 nitrogen and oxygen atoms in total. The Morgan fingerprint density at radius 1 is 1.20 bits per heavy atom. The lowest BCUT2D eigenvalue weighted by molar-refractivity contribution is 0.102. The van der Waals surface area contributed by atoms with Crippen LogP contribution in [-0.4, -0.2) is 5.91 Å². The van der Waals surface area contributed by atoms with Crippen LogP contribution in [0.5, 0.6) is 0 Å². The van der Waals surface area contributed by atoms with E-state index in [1.807, 2.05) is 19.9 Å². The van der Waals surface area contributed by atoms with Crippen molar-refractivity contribution in [3.63, 3.8) is 0 Å². The van der Waals surface area contributed by atoms with Crippen LogP contribution in [0.25, 0.3) is 0 Å². The van der Waals surface area contributed by atoms with Gasteiger partial charge in [-0.2, -0.15) is 0 Å². The molecule has 2 aromatic rings. The van der Waals surface area contributed by atoms with Crippen molar-refractivity contribution >= 4 is 28.9 Å². The number of hydrogen-bond donors (Lipinski definition) is 2. The van der Waals surface area contributed by atoms with Crippen LogP contribution in [0.2, 0.25) is 5.02 Å².